The second-order valence-corrected chi connectivity index (χ2v) is 7.69. The lowest BCUT2D eigenvalue weighted by molar-refractivity contribution is -0.120. The summed E-state index contributed by atoms with van der Waals surface area (Å²) in [5.74, 6) is -1.15. The highest BCUT2D eigenvalue weighted by Crippen LogP contribution is 2.21. The lowest BCUT2D eigenvalue weighted by Gasteiger charge is -2.06. The second kappa shape index (κ2) is 8.60. The normalized spacial score (nSPS) is 10.3. The zero-order chi connectivity index (χ0) is 19.2. The molecule has 0 saturated carbocycles. The smallest absolute Gasteiger partial charge is 0.279 e. The lowest BCUT2D eigenvalue weighted by Crippen LogP contribution is -2.46. The molecule has 3 rings (SSSR count). The summed E-state index contributed by atoms with van der Waals surface area (Å²) >= 11 is 4.48. The summed E-state index contributed by atoms with van der Waals surface area (Å²) in [6, 6.07) is 14.0. The maximum absolute atomic E-state index is 12.1. The van der Waals surface area contributed by atoms with E-state index in [1.54, 1.807) is 12.1 Å². The van der Waals surface area contributed by atoms with Crippen molar-refractivity contribution in [1.82, 2.24) is 21.3 Å². The molecule has 2 aromatic heterocycles. The molecule has 0 aliphatic rings. The molecule has 0 bridgehead atoms. The Labute approximate surface area is 166 Å². The van der Waals surface area contributed by atoms with Gasteiger partial charge in [-0.1, -0.05) is 35.5 Å². The first-order chi connectivity index (χ1) is 13.0. The van der Waals surface area contributed by atoms with Gasteiger partial charge in [-0.15, -0.1) is 11.3 Å². The standard InChI is InChI=1S/C17H13BrN4O4S/c18-14-7-6-13(27-14)17(25)21-20-15(23)9-19-16(24)11-8-12(26-22-11)10-4-2-1-3-5-10/h1-8H,9H2,(H,19,24)(H,20,23)(H,21,25). The number of nitrogens with zero attached hydrogens (tertiary/aromatic N) is 1. The molecule has 3 amide bonds. The minimum atomic E-state index is -0.584. The number of carbonyl (C=O) groups excluding carboxylic acids is 3. The van der Waals surface area contributed by atoms with Crippen LogP contribution >= 0.6 is 27.3 Å². The Hall–Kier alpha value is -2.98. The third-order valence-electron chi connectivity index (χ3n) is 3.32. The molecule has 0 aliphatic carbocycles. The first-order valence-electron chi connectivity index (χ1n) is 7.68. The predicted octanol–water partition coefficient (Wildman–Crippen LogP) is 2.36. The van der Waals surface area contributed by atoms with E-state index in [9.17, 15) is 14.4 Å². The highest BCUT2D eigenvalue weighted by Gasteiger charge is 2.15. The molecule has 0 fully saturated rings. The number of rotatable bonds is 5. The number of benzene rings is 1. The molecule has 0 saturated heterocycles. The van der Waals surface area contributed by atoms with Crippen LogP contribution < -0.4 is 16.2 Å². The van der Waals surface area contributed by atoms with Crippen molar-refractivity contribution >= 4 is 45.0 Å². The van der Waals surface area contributed by atoms with E-state index in [-0.39, 0.29) is 12.2 Å². The van der Waals surface area contributed by atoms with Crippen LogP contribution in [0.5, 0.6) is 0 Å². The Kier molecular flexibility index (Phi) is 5.99. The quantitative estimate of drug-likeness (QED) is 0.518. The Morgan fingerprint density at radius 1 is 1.04 bits per heavy atom. The van der Waals surface area contributed by atoms with Crippen LogP contribution in [0.4, 0.5) is 0 Å². The van der Waals surface area contributed by atoms with E-state index < -0.39 is 17.7 Å². The molecular weight excluding hydrogens is 436 g/mol. The van der Waals surface area contributed by atoms with E-state index in [1.807, 2.05) is 30.3 Å². The summed E-state index contributed by atoms with van der Waals surface area (Å²) in [5, 5.41) is 6.10. The van der Waals surface area contributed by atoms with Crippen molar-refractivity contribution in [1.29, 1.82) is 0 Å². The number of halogens is 1. The summed E-state index contributed by atoms with van der Waals surface area (Å²) in [7, 11) is 0. The van der Waals surface area contributed by atoms with Crippen molar-refractivity contribution in [2.24, 2.45) is 0 Å². The number of hydrogen-bond acceptors (Lipinski definition) is 6. The van der Waals surface area contributed by atoms with Crippen molar-refractivity contribution in [2.75, 3.05) is 6.54 Å². The Morgan fingerprint density at radius 2 is 1.81 bits per heavy atom. The van der Waals surface area contributed by atoms with E-state index >= 15 is 0 Å². The molecule has 2 heterocycles. The van der Waals surface area contributed by atoms with Gasteiger partial charge in [-0.25, -0.2) is 0 Å². The molecule has 8 nitrogen and oxygen atoms in total. The summed E-state index contributed by atoms with van der Waals surface area (Å²) < 4.78 is 5.94. The van der Waals surface area contributed by atoms with Crippen LogP contribution in [-0.2, 0) is 4.79 Å². The van der Waals surface area contributed by atoms with Crippen molar-refractivity contribution in [3.8, 4) is 11.3 Å². The number of carbonyl (C=O) groups is 3. The van der Waals surface area contributed by atoms with Gasteiger partial charge in [0.1, 0.15) is 0 Å². The minimum absolute atomic E-state index is 0.0501. The van der Waals surface area contributed by atoms with E-state index in [0.29, 0.717) is 10.6 Å². The molecule has 10 heteroatoms. The van der Waals surface area contributed by atoms with Gasteiger partial charge in [0.15, 0.2) is 11.5 Å². The zero-order valence-electron chi connectivity index (χ0n) is 13.7. The van der Waals surface area contributed by atoms with E-state index in [4.69, 9.17) is 4.52 Å². The third-order valence-corrected chi connectivity index (χ3v) is 4.95. The summed E-state index contributed by atoms with van der Waals surface area (Å²) in [4.78, 5) is 36.1. The number of nitrogens with one attached hydrogen (secondary N) is 3. The van der Waals surface area contributed by atoms with Gasteiger partial charge in [-0.3, -0.25) is 25.2 Å². The van der Waals surface area contributed by atoms with Gasteiger partial charge in [0.2, 0.25) is 0 Å². The van der Waals surface area contributed by atoms with E-state index in [2.05, 4.69) is 37.3 Å². The van der Waals surface area contributed by atoms with Crippen molar-refractivity contribution < 1.29 is 18.9 Å². The molecule has 138 valence electrons. The molecule has 1 aromatic carbocycles. The summed E-state index contributed by atoms with van der Waals surface area (Å²) in [6.07, 6.45) is 0. The van der Waals surface area contributed by atoms with Crippen LogP contribution in [0, 0.1) is 0 Å². The SMILES string of the molecule is O=C(CNC(=O)c1cc(-c2ccccc2)on1)NNC(=O)c1ccc(Br)s1. The Morgan fingerprint density at radius 3 is 2.52 bits per heavy atom. The van der Waals surface area contributed by atoms with Crippen LogP contribution in [0.1, 0.15) is 20.2 Å². The minimum Gasteiger partial charge on any atom is -0.355 e. The topological polar surface area (TPSA) is 113 Å². The lowest BCUT2D eigenvalue weighted by atomic mass is 10.1. The van der Waals surface area contributed by atoms with Gasteiger partial charge >= 0.3 is 0 Å². The number of amides is 3. The Bertz CT molecular complexity index is 970. The third kappa shape index (κ3) is 5.02. The molecule has 0 unspecified atom stereocenters. The molecule has 3 N–H and O–H groups in total. The average Bonchev–Trinajstić information content (AvgIpc) is 3.34. The molecule has 0 spiro atoms. The maximum atomic E-state index is 12.1. The first kappa shape index (κ1) is 18.8. The largest absolute Gasteiger partial charge is 0.355 e. The van der Waals surface area contributed by atoms with Gasteiger partial charge in [0.25, 0.3) is 17.7 Å². The van der Waals surface area contributed by atoms with Gasteiger partial charge in [0.05, 0.1) is 15.2 Å². The van der Waals surface area contributed by atoms with Crippen molar-refractivity contribution in [2.45, 2.75) is 0 Å². The zero-order valence-corrected chi connectivity index (χ0v) is 16.1. The van der Waals surface area contributed by atoms with Crippen molar-refractivity contribution in [3.63, 3.8) is 0 Å². The molecule has 0 atom stereocenters. The van der Waals surface area contributed by atoms with Gasteiger partial charge < -0.3 is 9.84 Å². The van der Waals surface area contributed by atoms with Gasteiger partial charge in [0, 0.05) is 11.6 Å². The Balaban J connectivity index is 1.47. The number of hydrazine groups is 1. The molecular formula is C17H13BrN4O4S. The highest BCUT2D eigenvalue weighted by atomic mass is 79.9. The number of thiophene rings is 1. The first-order valence-corrected chi connectivity index (χ1v) is 9.29. The molecule has 3 aromatic rings. The molecule has 27 heavy (non-hydrogen) atoms. The van der Waals surface area contributed by atoms with E-state index in [1.165, 1.54) is 17.4 Å². The second-order valence-electron chi connectivity index (χ2n) is 5.23. The maximum Gasteiger partial charge on any atom is 0.279 e. The van der Waals surface area contributed by atoms with Crippen LogP contribution in [0.25, 0.3) is 11.3 Å². The van der Waals surface area contributed by atoms with Crippen molar-refractivity contribution in [3.05, 3.63) is 62.9 Å². The highest BCUT2D eigenvalue weighted by molar-refractivity contribution is 9.11. The van der Waals surface area contributed by atoms with Gasteiger partial charge in [-0.2, -0.15) is 0 Å². The monoisotopic (exact) mass is 448 g/mol. The summed E-state index contributed by atoms with van der Waals surface area (Å²) in [6.45, 7) is -0.333. The van der Waals surface area contributed by atoms with Gasteiger partial charge in [-0.05, 0) is 28.1 Å². The van der Waals surface area contributed by atoms with Crippen LogP contribution in [0.3, 0.4) is 0 Å². The summed E-state index contributed by atoms with van der Waals surface area (Å²) in [5.41, 5.74) is 5.32. The fourth-order valence-corrected chi connectivity index (χ4v) is 3.32. The average molecular weight is 449 g/mol. The van der Waals surface area contributed by atoms with Crippen LogP contribution in [0.15, 0.2) is 56.8 Å². The fraction of sp³-hybridized carbons (Fsp3) is 0.0588. The predicted molar refractivity (Wildman–Crippen MR) is 102 cm³/mol. The molecule has 0 radical (unpaired) electrons. The number of hydrogen-bond donors (Lipinski definition) is 3. The fourth-order valence-electron chi connectivity index (χ4n) is 2.04. The van der Waals surface area contributed by atoms with Crippen LogP contribution in [0.2, 0.25) is 0 Å². The molecule has 0 aliphatic heterocycles. The number of aromatic nitrogens is 1. The van der Waals surface area contributed by atoms with Crippen LogP contribution in [-0.4, -0.2) is 29.4 Å². The van der Waals surface area contributed by atoms with E-state index in [0.717, 1.165) is 9.35 Å².